The van der Waals surface area contributed by atoms with Gasteiger partial charge in [-0.15, -0.1) is 0 Å². The lowest BCUT2D eigenvalue weighted by atomic mass is 10.2. The molecule has 214 valence electrons. The first-order chi connectivity index (χ1) is 18.9. The fraction of sp³-hybridized carbons (Fsp3) is 0.357. The number of rotatable bonds is 11. The first kappa shape index (κ1) is 30.7. The Balaban J connectivity index is 1.58. The summed E-state index contributed by atoms with van der Waals surface area (Å²) in [6.07, 6.45) is 6.68. The van der Waals surface area contributed by atoms with Gasteiger partial charge in [0.1, 0.15) is 12.2 Å². The number of aryl methyl sites for hydroxylation is 1. The molecule has 0 N–H and O–H groups in total. The van der Waals surface area contributed by atoms with Crippen molar-refractivity contribution in [1.82, 2.24) is 15.0 Å². The molecule has 40 heavy (non-hydrogen) atoms. The van der Waals surface area contributed by atoms with Crippen molar-refractivity contribution >= 4 is 34.1 Å². The minimum absolute atomic E-state index is 0.000175. The van der Waals surface area contributed by atoms with Gasteiger partial charge in [0, 0.05) is 31.6 Å². The van der Waals surface area contributed by atoms with Gasteiger partial charge in [-0.25, -0.2) is 14.8 Å². The van der Waals surface area contributed by atoms with E-state index in [2.05, 4.69) is 15.0 Å². The van der Waals surface area contributed by atoms with Gasteiger partial charge < -0.3 is 14.2 Å². The summed E-state index contributed by atoms with van der Waals surface area (Å²) in [5.41, 5.74) is 2.13. The second-order valence-electron chi connectivity index (χ2n) is 9.67. The average Bonchev–Trinajstić information content (AvgIpc) is 2.90. The van der Waals surface area contributed by atoms with Gasteiger partial charge in [0.2, 0.25) is 6.29 Å². The normalized spacial score (nSPS) is 12.8. The van der Waals surface area contributed by atoms with Crippen LogP contribution in [0.4, 0.5) is 10.5 Å². The summed E-state index contributed by atoms with van der Waals surface area (Å²) >= 11 is 0. The number of carbonyl (C=O) groups is 1. The Morgan fingerprint density at radius 3 is 2.38 bits per heavy atom. The maximum atomic E-state index is 12.5. The second kappa shape index (κ2) is 13.5. The SMILES string of the molecule is CCOC(COS(=O)(=O)c1cccc(C)c1)Oc1ncc(/C=C/c2ccc(N(C)C(=O)OC(C)(C)C)cn2)cn1. The van der Waals surface area contributed by atoms with E-state index >= 15 is 0 Å². The highest BCUT2D eigenvalue weighted by Crippen LogP contribution is 2.18. The lowest BCUT2D eigenvalue weighted by molar-refractivity contribution is -0.100. The van der Waals surface area contributed by atoms with Crippen LogP contribution in [0.3, 0.4) is 0 Å². The number of carbonyl (C=O) groups excluding carboxylic acids is 1. The van der Waals surface area contributed by atoms with Crippen LogP contribution >= 0.6 is 0 Å². The molecule has 0 aliphatic rings. The Labute approximate surface area is 234 Å². The van der Waals surface area contributed by atoms with Gasteiger partial charge in [0.15, 0.2) is 0 Å². The molecule has 0 saturated carbocycles. The van der Waals surface area contributed by atoms with E-state index in [9.17, 15) is 13.2 Å². The molecule has 0 saturated heterocycles. The highest BCUT2D eigenvalue weighted by molar-refractivity contribution is 7.86. The maximum Gasteiger partial charge on any atom is 0.414 e. The fourth-order valence-electron chi connectivity index (χ4n) is 3.19. The minimum atomic E-state index is -3.99. The largest absolute Gasteiger partial charge is 0.443 e. The predicted octanol–water partition coefficient (Wildman–Crippen LogP) is 4.87. The van der Waals surface area contributed by atoms with E-state index in [0.717, 1.165) is 5.56 Å². The average molecular weight is 571 g/mol. The van der Waals surface area contributed by atoms with Crippen molar-refractivity contribution in [3.05, 3.63) is 71.8 Å². The number of hydrogen-bond acceptors (Lipinski definition) is 10. The first-order valence-corrected chi connectivity index (χ1v) is 13.9. The molecule has 2 heterocycles. The van der Waals surface area contributed by atoms with Crippen LogP contribution in [0.1, 0.15) is 44.5 Å². The van der Waals surface area contributed by atoms with Gasteiger partial charge in [0.25, 0.3) is 10.1 Å². The Morgan fingerprint density at radius 1 is 1.05 bits per heavy atom. The van der Waals surface area contributed by atoms with E-state index in [1.54, 1.807) is 84.3 Å². The summed E-state index contributed by atoms with van der Waals surface area (Å²) in [6, 6.07) is 9.94. The number of aromatic nitrogens is 3. The van der Waals surface area contributed by atoms with Gasteiger partial charge in [0.05, 0.1) is 22.5 Å². The van der Waals surface area contributed by atoms with Gasteiger partial charge in [-0.3, -0.25) is 14.1 Å². The van der Waals surface area contributed by atoms with Crippen LogP contribution in [0.5, 0.6) is 6.01 Å². The number of ether oxygens (including phenoxy) is 3. The molecular weight excluding hydrogens is 536 g/mol. The molecule has 3 aromatic rings. The summed E-state index contributed by atoms with van der Waals surface area (Å²) in [7, 11) is -2.37. The van der Waals surface area contributed by atoms with Gasteiger partial charge >= 0.3 is 12.1 Å². The monoisotopic (exact) mass is 570 g/mol. The van der Waals surface area contributed by atoms with Crippen LogP contribution in [0.15, 0.2) is 59.9 Å². The van der Waals surface area contributed by atoms with E-state index in [1.807, 2.05) is 0 Å². The maximum absolute atomic E-state index is 12.5. The van der Waals surface area contributed by atoms with Crippen LogP contribution in [-0.2, 0) is 23.8 Å². The van der Waals surface area contributed by atoms with E-state index in [1.165, 1.54) is 29.4 Å². The highest BCUT2D eigenvalue weighted by atomic mass is 32.2. The third-order valence-corrected chi connectivity index (χ3v) is 6.42. The molecule has 1 unspecified atom stereocenters. The molecule has 0 radical (unpaired) electrons. The smallest absolute Gasteiger partial charge is 0.414 e. The summed E-state index contributed by atoms with van der Waals surface area (Å²) in [4.78, 5) is 26.4. The molecule has 0 aliphatic heterocycles. The molecule has 3 rings (SSSR count). The molecule has 1 amide bonds. The molecule has 0 fully saturated rings. The molecule has 0 spiro atoms. The zero-order chi connectivity index (χ0) is 29.3. The number of anilines is 1. The number of hydrogen-bond donors (Lipinski definition) is 0. The van der Waals surface area contributed by atoms with Crippen molar-refractivity contribution in [2.45, 2.75) is 51.4 Å². The Morgan fingerprint density at radius 2 is 1.77 bits per heavy atom. The van der Waals surface area contributed by atoms with Crippen molar-refractivity contribution in [2.24, 2.45) is 0 Å². The fourth-order valence-corrected chi connectivity index (χ4v) is 4.19. The molecule has 2 aromatic heterocycles. The minimum Gasteiger partial charge on any atom is -0.443 e. The quantitative estimate of drug-likeness (QED) is 0.232. The van der Waals surface area contributed by atoms with Crippen molar-refractivity contribution in [3.63, 3.8) is 0 Å². The highest BCUT2D eigenvalue weighted by Gasteiger charge is 2.22. The van der Waals surface area contributed by atoms with E-state index < -0.39 is 28.1 Å². The lowest BCUT2D eigenvalue weighted by Crippen LogP contribution is -2.34. The molecular formula is C28H34N4O7S. The van der Waals surface area contributed by atoms with Crippen molar-refractivity contribution in [1.29, 1.82) is 0 Å². The summed E-state index contributed by atoms with van der Waals surface area (Å²) in [6.45, 7) is 8.84. The zero-order valence-electron chi connectivity index (χ0n) is 23.4. The molecule has 1 aromatic carbocycles. The van der Waals surface area contributed by atoms with Crippen LogP contribution < -0.4 is 9.64 Å². The van der Waals surface area contributed by atoms with Gasteiger partial charge in [-0.2, -0.15) is 8.42 Å². The van der Waals surface area contributed by atoms with Crippen LogP contribution in [0, 0.1) is 6.92 Å². The third kappa shape index (κ3) is 9.40. The van der Waals surface area contributed by atoms with Gasteiger partial charge in [-0.1, -0.05) is 12.1 Å². The Hall–Kier alpha value is -3.87. The topological polar surface area (TPSA) is 130 Å². The molecule has 12 heteroatoms. The molecule has 0 aliphatic carbocycles. The number of amides is 1. The van der Waals surface area contributed by atoms with E-state index in [-0.39, 0.29) is 24.1 Å². The van der Waals surface area contributed by atoms with Crippen LogP contribution in [0.25, 0.3) is 12.2 Å². The number of pyridine rings is 1. The third-order valence-electron chi connectivity index (χ3n) is 5.15. The van der Waals surface area contributed by atoms with E-state index in [0.29, 0.717) is 16.9 Å². The lowest BCUT2D eigenvalue weighted by Gasteiger charge is -2.24. The summed E-state index contributed by atoms with van der Waals surface area (Å²) < 4.78 is 46.6. The van der Waals surface area contributed by atoms with Crippen LogP contribution in [-0.4, -0.2) is 61.6 Å². The van der Waals surface area contributed by atoms with Crippen molar-refractivity contribution in [3.8, 4) is 6.01 Å². The molecule has 1 atom stereocenters. The number of benzene rings is 1. The number of nitrogens with zero attached hydrogens (tertiary/aromatic N) is 4. The summed E-state index contributed by atoms with van der Waals surface area (Å²) in [5.74, 6) is 0. The standard InChI is InChI=1S/C28H34N4O7S/c1-7-36-25(19-37-40(34,35)24-10-8-9-20(2)15-24)38-26-30-16-21(17-31-26)11-12-22-13-14-23(18-29-22)32(6)27(33)39-28(3,4)5/h8-18,25H,7,19H2,1-6H3/b12-11+. The molecule has 11 nitrogen and oxygen atoms in total. The zero-order valence-corrected chi connectivity index (χ0v) is 24.2. The van der Waals surface area contributed by atoms with Gasteiger partial charge in [-0.05, 0) is 76.6 Å². The predicted molar refractivity (Wildman–Crippen MR) is 150 cm³/mol. The van der Waals surface area contributed by atoms with Crippen molar-refractivity contribution < 1.29 is 31.6 Å². The Kier molecular flexibility index (Phi) is 10.3. The molecule has 0 bridgehead atoms. The summed E-state index contributed by atoms with van der Waals surface area (Å²) in [5, 5.41) is 0. The van der Waals surface area contributed by atoms with Crippen LogP contribution in [0.2, 0.25) is 0 Å². The van der Waals surface area contributed by atoms with E-state index in [4.69, 9.17) is 18.4 Å². The second-order valence-corrected chi connectivity index (χ2v) is 11.3. The Bertz CT molecular complexity index is 1400. The first-order valence-electron chi connectivity index (χ1n) is 12.5. The van der Waals surface area contributed by atoms with Crippen molar-refractivity contribution in [2.75, 3.05) is 25.2 Å².